The van der Waals surface area contributed by atoms with Crippen molar-refractivity contribution in [3.63, 3.8) is 0 Å². The van der Waals surface area contributed by atoms with Crippen LogP contribution in [0.25, 0.3) is 0 Å². The SMILES string of the molecule is C=C1SC(c2ccc(N3CC[C@H](O)C3)nc2)=NCCCNC1=O. The topological polar surface area (TPSA) is 77.8 Å². The zero-order chi connectivity index (χ0) is 16.2. The van der Waals surface area contributed by atoms with Gasteiger partial charge >= 0.3 is 0 Å². The second kappa shape index (κ2) is 7.14. The molecule has 1 fully saturated rings. The minimum atomic E-state index is -0.271. The minimum Gasteiger partial charge on any atom is -0.391 e. The number of hydrogen-bond acceptors (Lipinski definition) is 6. The van der Waals surface area contributed by atoms with Crippen LogP contribution in [0.2, 0.25) is 0 Å². The maximum absolute atomic E-state index is 11.8. The Labute approximate surface area is 139 Å². The van der Waals surface area contributed by atoms with Crippen molar-refractivity contribution < 1.29 is 9.90 Å². The van der Waals surface area contributed by atoms with Crippen LogP contribution in [0.15, 0.2) is 34.8 Å². The molecular weight excluding hydrogens is 312 g/mol. The molecule has 0 bridgehead atoms. The van der Waals surface area contributed by atoms with Crippen molar-refractivity contribution in [1.29, 1.82) is 0 Å². The molecule has 23 heavy (non-hydrogen) atoms. The van der Waals surface area contributed by atoms with E-state index in [9.17, 15) is 9.90 Å². The molecule has 122 valence electrons. The number of β-amino-alcohol motifs (C(OH)–C–C–N with tert-alkyl or cyclic N) is 1. The predicted molar refractivity (Wildman–Crippen MR) is 92.8 cm³/mol. The molecule has 1 amide bonds. The largest absolute Gasteiger partial charge is 0.391 e. The average molecular weight is 332 g/mol. The molecule has 0 aromatic carbocycles. The highest BCUT2D eigenvalue weighted by molar-refractivity contribution is 8.18. The van der Waals surface area contributed by atoms with Gasteiger partial charge in [-0.15, -0.1) is 0 Å². The van der Waals surface area contributed by atoms with Gasteiger partial charge < -0.3 is 15.3 Å². The Morgan fingerprint density at radius 2 is 2.30 bits per heavy atom. The fourth-order valence-electron chi connectivity index (χ4n) is 2.56. The number of anilines is 1. The molecule has 2 aliphatic rings. The van der Waals surface area contributed by atoms with Crippen LogP contribution in [0.3, 0.4) is 0 Å². The number of aliphatic hydroxyl groups excluding tert-OH is 1. The lowest BCUT2D eigenvalue weighted by molar-refractivity contribution is -0.116. The zero-order valence-electron chi connectivity index (χ0n) is 12.9. The van der Waals surface area contributed by atoms with E-state index in [2.05, 4.69) is 26.8 Å². The number of carbonyl (C=O) groups excluding carboxylic acids is 1. The molecule has 3 heterocycles. The molecule has 7 heteroatoms. The van der Waals surface area contributed by atoms with E-state index in [-0.39, 0.29) is 12.0 Å². The van der Waals surface area contributed by atoms with E-state index in [1.807, 2.05) is 12.1 Å². The zero-order valence-corrected chi connectivity index (χ0v) is 13.7. The van der Waals surface area contributed by atoms with E-state index in [1.165, 1.54) is 11.8 Å². The Morgan fingerprint density at radius 3 is 3.00 bits per heavy atom. The highest BCUT2D eigenvalue weighted by Gasteiger charge is 2.21. The first-order valence-corrected chi connectivity index (χ1v) is 8.54. The summed E-state index contributed by atoms with van der Waals surface area (Å²) in [6.07, 6.45) is 3.09. The number of aliphatic imine (C=N–C) groups is 1. The average Bonchev–Trinajstić information content (AvgIpc) is 3.01. The van der Waals surface area contributed by atoms with E-state index in [1.54, 1.807) is 6.20 Å². The van der Waals surface area contributed by atoms with Gasteiger partial charge in [0, 0.05) is 37.9 Å². The summed E-state index contributed by atoms with van der Waals surface area (Å²) < 4.78 is 0. The summed E-state index contributed by atoms with van der Waals surface area (Å²) in [6, 6.07) is 3.90. The van der Waals surface area contributed by atoms with Gasteiger partial charge in [0.05, 0.1) is 11.0 Å². The summed E-state index contributed by atoms with van der Waals surface area (Å²) in [6.45, 7) is 6.54. The monoisotopic (exact) mass is 332 g/mol. The van der Waals surface area contributed by atoms with Crippen LogP contribution in [0, 0.1) is 0 Å². The van der Waals surface area contributed by atoms with E-state index in [0.29, 0.717) is 24.5 Å². The molecule has 1 atom stereocenters. The Morgan fingerprint density at radius 1 is 1.43 bits per heavy atom. The number of thioether (sulfide) groups is 1. The van der Waals surface area contributed by atoms with Gasteiger partial charge in [0.2, 0.25) is 0 Å². The molecule has 0 saturated carbocycles. The molecule has 1 aromatic heterocycles. The summed E-state index contributed by atoms with van der Waals surface area (Å²) in [7, 11) is 0. The predicted octanol–water partition coefficient (Wildman–Crippen LogP) is 1.17. The smallest absolute Gasteiger partial charge is 0.257 e. The van der Waals surface area contributed by atoms with Crippen molar-refractivity contribution in [2.45, 2.75) is 18.9 Å². The van der Waals surface area contributed by atoms with Crippen LogP contribution in [0.4, 0.5) is 5.82 Å². The number of pyridine rings is 1. The van der Waals surface area contributed by atoms with E-state index in [4.69, 9.17) is 0 Å². The second-order valence-corrected chi connectivity index (χ2v) is 6.70. The van der Waals surface area contributed by atoms with Crippen LogP contribution in [0.5, 0.6) is 0 Å². The third-order valence-electron chi connectivity index (χ3n) is 3.83. The van der Waals surface area contributed by atoms with Gasteiger partial charge in [0.15, 0.2) is 0 Å². The number of aliphatic hydroxyl groups is 1. The number of nitrogens with zero attached hydrogens (tertiary/aromatic N) is 3. The van der Waals surface area contributed by atoms with Crippen molar-refractivity contribution in [1.82, 2.24) is 10.3 Å². The number of rotatable bonds is 2. The molecule has 6 nitrogen and oxygen atoms in total. The Balaban J connectivity index is 1.76. The van der Waals surface area contributed by atoms with Gasteiger partial charge in [-0.1, -0.05) is 18.3 Å². The normalized spacial score (nSPS) is 22.9. The molecule has 0 spiro atoms. The quantitative estimate of drug-likeness (QED) is 0.795. The van der Waals surface area contributed by atoms with Crippen LogP contribution in [-0.2, 0) is 4.79 Å². The molecular formula is C16H20N4O2S. The number of aromatic nitrogens is 1. The van der Waals surface area contributed by atoms with Crippen molar-refractivity contribution in [3.8, 4) is 0 Å². The lowest BCUT2D eigenvalue weighted by Crippen LogP contribution is -2.24. The van der Waals surface area contributed by atoms with Crippen molar-refractivity contribution in [2.75, 3.05) is 31.1 Å². The molecule has 3 rings (SSSR count). The summed E-state index contributed by atoms with van der Waals surface area (Å²) in [5, 5.41) is 13.2. The highest BCUT2D eigenvalue weighted by atomic mass is 32.2. The Hall–Kier alpha value is -1.86. The number of amides is 1. The lowest BCUT2D eigenvalue weighted by atomic mass is 10.3. The second-order valence-electron chi connectivity index (χ2n) is 5.62. The van der Waals surface area contributed by atoms with E-state index in [0.717, 1.165) is 35.8 Å². The summed E-state index contributed by atoms with van der Waals surface area (Å²) >= 11 is 1.28. The minimum absolute atomic E-state index is 0.139. The fourth-order valence-corrected chi connectivity index (χ4v) is 3.35. The fraction of sp³-hybridized carbons (Fsp3) is 0.438. The first-order chi connectivity index (χ1) is 11.1. The van der Waals surface area contributed by atoms with Crippen LogP contribution in [0.1, 0.15) is 18.4 Å². The van der Waals surface area contributed by atoms with Gasteiger partial charge in [-0.25, -0.2) is 4.98 Å². The van der Waals surface area contributed by atoms with Crippen LogP contribution < -0.4 is 10.2 Å². The third kappa shape index (κ3) is 3.92. The Kier molecular flexibility index (Phi) is 4.97. The van der Waals surface area contributed by atoms with Crippen LogP contribution >= 0.6 is 11.8 Å². The van der Waals surface area contributed by atoms with Gasteiger partial charge in [0.25, 0.3) is 5.91 Å². The lowest BCUT2D eigenvalue weighted by Gasteiger charge is -2.16. The summed E-state index contributed by atoms with van der Waals surface area (Å²) in [4.78, 5) is 23.4. The molecule has 2 aliphatic heterocycles. The molecule has 0 unspecified atom stereocenters. The maximum Gasteiger partial charge on any atom is 0.257 e. The number of nitrogens with one attached hydrogen (secondary N) is 1. The molecule has 0 aliphatic carbocycles. The summed E-state index contributed by atoms with van der Waals surface area (Å²) in [5.74, 6) is 0.718. The maximum atomic E-state index is 11.8. The molecule has 0 radical (unpaired) electrons. The van der Waals surface area contributed by atoms with Crippen molar-refractivity contribution in [2.24, 2.45) is 4.99 Å². The van der Waals surface area contributed by atoms with E-state index < -0.39 is 0 Å². The first-order valence-electron chi connectivity index (χ1n) is 7.72. The van der Waals surface area contributed by atoms with Crippen molar-refractivity contribution in [3.05, 3.63) is 35.4 Å². The van der Waals surface area contributed by atoms with Gasteiger partial charge in [-0.3, -0.25) is 9.79 Å². The van der Waals surface area contributed by atoms with Gasteiger partial charge in [-0.05, 0) is 25.0 Å². The first kappa shape index (κ1) is 16.0. The van der Waals surface area contributed by atoms with E-state index >= 15 is 0 Å². The number of carbonyl (C=O) groups is 1. The van der Waals surface area contributed by atoms with Gasteiger partial charge in [-0.2, -0.15) is 0 Å². The standard InChI is InChI=1S/C16H20N4O2S/c1-11-15(22)17-6-2-7-18-16(23-11)12-3-4-14(19-9-12)20-8-5-13(21)10-20/h3-4,9,13,21H,1-2,5-8,10H2,(H,17,22)/t13-/m0/s1. The van der Waals surface area contributed by atoms with Crippen LogP contribution in [-0.4, -0.2) is 53.3 Å². The molecule has 2 N–H and O–H groups in total. The summed E-state index contributed by atoms with van der Waals surface area (Å²) in [5.41, 5.74) is 0.884. The van der Waals surface area contributed by atoms with Crippen molar-refractivity contribution >= 4 is 28.5 Å². The highest BCUT2D eigenvalue weighted by Crippen LogP contribution is 2.24. The molecule has 1 aromatic rings. The Bertz CT molecular complexity index is 629. The third-order valence-corrected chi connectivity index (χ3v) is 4.82. The van der Waals surface area contributed by atoms with Gasteiger partial charge in [0.1, 0.15) is 10.9 Å². The number of hydrogen-bond donors (Lipinski definition) is 2. The molecule has 1 saturated heterocycles.